The molecule has 0 amide bonds. The summed E-state index contributed by atoms with van der Waals surface area (Å²) in [7, 11) is 0. The second-order valence-corrected chi connectivity index (χ2v) is 16.5. The van der Waals surface area contributed by atoms with E-state index in [0.29, 0.717) is 12.8 Å². The highest BCUT2D eigenvalue weighted by molar-refractivity contribution is 5.71. The van der Waals surface area contributed by atoms with Gasteiger partial charge in [-0.05, 0) is 77.0 Å². The monoisotopic (exact) mass is 873 g/mol. The number of ether oxygens (including phenoxy) is 3. The Hall–Kier alpha value is -3.93. The molecule has 0 radical (unpaired) electrons. The zero-order chi connectivity index (χ0) is 45.8. The van der Waals surface area contributed by atoms with Gasteiger partial charge in [-0.3, -0.25) is 14.4 Å². The number of hydrogen-bond acceptors (Lipinski definition) is 6. The highest BCUT2D eigenvalue weighted by Crippen LogP contribution is 2.14. The fourth-order valence-corrected chi connectivity index (χ4v) is 6.58. The van der Waals surface area contributed by atoms with Crippen molar-refractivity contribution in [3.05, 3.63) is 109 Å². The zero-order valence-corrected chi connectivity index (χ0v) is 40.5. The van der Waals surface area contributed by atoms with E-state index in [4.69, 9.17) is 14.2 Å². The molecule has 0 rings (SSSR count). The van der Waals surface area contributed by atoms with Gasteiger partial charge >= 0.3 is 17.9 Å². The van der Waals surface area contributed by atoms with Gasteiger partial charge in [0.15, 0.2) is 6.10 Å². The normalized spacial score (nSPS) is 13.0. The average molecular weight is 873 g/mol. The smallest absolute Gasteiger partial charge is 0.306 e. The summed E-state index contributed by atoms with van der Waals surface area (Å²) in [5, 5.41) is 0. The highest BCUT2D eigenvalue weighted by Gasteiger charge is 2.19. The number of hydrogen-bond donors (Lipinski definition) is 0. The Bertz CT molecular complexity index is 1330. The largest absolute Gasteiger partial charge is 0.462 e. The maximum absolute atomic E-state index is 12.8. The minimum Gasteiger partial charge on any atom is -0.462 e. The lowest BCUT2D eigenvalue weighted by atomic mass is 10.1. The topological polar surface area (TPSA) is 78.9 Å². The molecule has 0 aliphatic heterocycles. The predicted octanol–water partition coefficient (Wildman–Crippen LogP) is 16.8. The number of carbonyl (C=O) groups is 3. The van der Waals surface area contributed by atoms with Crippen molar-refractivity contribution >= 4 is 17.9 Å². The van der Waals surface area contributed by atoms with Gasteiger partial charge in [-0.1, -0.05) is 226 Å². The number of unbranched alkanes of at least 4 members (excludes halogenated alkanes) is 19. The molecule has 0 aromatic rings. The molecule has 0 saturated carbocycles. The molecular formula is C57H92O6. The fraction of sp³-hybridized carbons (Fsp3) is 0.632. The molecular weight excluding hydrogens is 781 g/mol. The van der Waals surface area contributed by atoms with Gasteiger partial charge in [-0.2, -0.15) is 0 Å². The molecule has 1 unspecified atom stereocenters. The van der Waals surface area contributed by atoms with Gasteiger partial charge in [0.25, 0.3) is 0 Å². The molecule has 63 heavy (non-hydrogen) atoms. The van der Waals surface area contributed by atoms with E-state index < -0.39 is 6.10 Å². The van der Waals surface area contributed by atoms with E-state index in [2.05, 4.69) is 99.8 Å². The summed E-state index contributed by atoms with van der Waals surface area (Å²) in [6.45, 7) is 6.36. The molecule has 0 spiro atoms. The van der Waals surface area contributed by atoms with Crippen molar-refractivity contribution in [2.45, 2.75) is 219 Å². The van der Waals surface area contributed by atoms with Gasteiger partial charge in [-0.15, -0.1) is 0 Å². The molecule has 356 valence electrons. The summed E-state index contributed by atoms with van der Waals surface area (Å²) in [5.41, 5.74) is 0. The molecule has 0 aromatic carbocycles. The van der Waals surface area contributed by atoms with E-state index in [-0.39, 0.29) is 37.5 Å². The molecule has 0 aromatic heterocycles. The van der Waals surface area contributed by atoms with Crippen LogP contribution in [-0.2, 0) is 28.6 Å². The van der Waals surface area contributed by atoms with Gasteiger partial charge < -0.3 is 14.2 Å². The van der Waals surface area contributed by atoms with Crippen molar-refractivity contribution in [3.63, 3.8) is 0 Å². The van der Waals surface area contributed by atoms with E-state index in [0.717, 1.165) is 116 Å². The van der Waals surface area contributed by atoms with Crippen molar-refractivity contribution < 1.29 is 28.6 Å². The van der Waals surface area contributed by atoms with Crippen LogP contribution in [-0.4, -0.2) is 37.2 Å². The molecule has 0 saturated heterocycles. The molecule has 0 aliphatic carbocycles. The van der Waals surface area contributed by atoms with E-state index in [1.54, 1.807) is 0 Å². The Balaban J connectivity index is 4.50. The maximum Gasteiger partial charge on any atom is 0.306 e. The van der Waals surface area contributed by atoms with Crippen LogP contribution < -0.4 is 0 Å². The fourth-order valence-electron chi connectivity index (χ4n) is 6.58. The van der Waals surface area contributed by atoms with Crippen molar-refractivity contribution in [2.24, 2.45) is 0 Å². The molecule has 0 aliphatic rings. The number of carbonyl (C=O) groups excluding carboxylic acids is 3. The molecule has 1 atom stereocenters. The lowest BCUT2D eigenvalue weighted by Crippen LogP contribution is -2.30. The van der Waals surface area contributed by atoms with Gasteiger partial charge in [0.05, 0.1) is 0 Å². The predicted molar refractivity (Wildman–Crippen MR) is 270 cm³/mol. The summed E-state index contributed by atoms with van der Waals surface area (Å²) in [6.07, 6.45) is 67.8. The highest BCUT2D eigenvalue weighted by atomic mass is 16.6. The summed E-state index contributed by atoms with van der Waals surface area (Å²) < 4.78 is 16.7. The third-order valence-corrected chi connectivity index (χ3v) is 10.4. The Labute approximate surface area is 387 Å². The number of rotatable bonds is 44. The SMILES string of the molecule is CC/C=C\C/C=C\C/C=C\C/C=C\CCCCCC(=O)OC(COC(=O)CCCCCCC\C=C/C=C\C=C/C=C\C=C/CCC)COC(=O)CCCCCCCCCCCCC. The van der Waals surface area contributed by atoms with Crippen molar-refractivity contribution in [1.82, 2.24) is 0 Å². The van der Waals surface area contributed by atoms with Crippen molar-refractivity contribution in [1.29, 1.82) is 0 Å². The van der Waals surface area contributed by atoms with Gasteiger partial charge in [0.2, 0.25) is 0 Å². The first-order valence-electron chi connectivity index (χ1n) is 25.5. The first-order chi connectivity index (χ1) is 31.0. The van der Waals surface area contributed by atoms with Crippen LogP contribution >= 0.6 is 0 Å². The lowest BCUT2D eigenvalue weighted by Gasteiger charge is -2.18. The minimum atomic E-state index is -0.805. The van der Waals surface area contributed by atoms with E-state index in [1.807, 2.05) is 30.4 Å². The summed E-state index contributed by atoms with van der Waals surface area (Å²) in [6, 6.07) is 0. The van der Waals surface area contributed by atoms with E-state index in [9.17, 15) is 14.4 Å². The lowest BCUT2D eigenvalue weighted by molar-refractivity contribution is -0.167. The number of allylic oxidation sites excluding steroid dienone is 18. The third kappa shape index (κ3) is 49.0. The average Bonchev–Trinajstić information content (AvgIpc) is 3.28. The van der Waals surface area contributed by atoms with Crippen LogP contribution in [0.2, 0.25) is 0 Å². The summed E-state index contributed by atoms with van der Waals surface area (Å²) in [5.74, 6) is -0.964. The molecule has 0 bridgehead atoms. The number of esters is 3. The maximum atomic E-state index is 12.8. The van der Waals surface area contributed by atoms with Crippen LogP contribution in [0, 0.1) is 0 Å². The summed E-state index contributed by atoms with van der Waals surface area (Å²) in [4.78, 5) is 37.9. The zero-order valence-electron chi connectivity index (χ0n) is 40.5. The Morgan fingerprint density at radius 3 is 1.19 bits per heavy atom. The van der Waals surface area contributed by atoms with Crippen molar-refractivity contribution in [3.8, 4) is 0 Å². The van der Waals surface area contributed by atoms with E-state index in [1.165, 1.54) is 57.8 Å². The second-order valence-electron chi connectivity index (χ2n) is 16.5. The second kappa shape index (κ2) is 50.7. The first kappa shape index (κ1) is 59.1. The van der Waals surface area contributed by atoms with Gasteiger partial charge in [-0.25, -0.2) is 0 Å². The van der Waals surface area contributed by atoms with Gasteiger partial charge in [0.1, 0.15) is 13.2 Å². The van der Waals surface area contributed by atoms with Crippen LogP contribution in [0.15, 0.2) is 109 Å². The molecule has 0 fully saturated rings. The molecule has 6 nitrogen and oxygen atoms in total. The van der Waals surface area contributed by atoms with Crippen LogP contribution in [0.1, 0.15) is 213 Å². The molecule has 0 N–H and O–H groups in total. The summed E-state index contributed by atoms with van der Waals surface area (Å²) >= 11 is 0. The van der Waals surface area contributed by atoms with Crippen LogP contribution in [0.5, 0.6) is 0 Å². The van der Waals surface area contributed by atoms with Crippen LogP contribution in [0.3, 0.4) is 0 Å². The Kier molecular flexibility index (Phi) is 47.5. The quantitative estimate of drug-likeness (QED) is 0.0199. The third-order valence-electron chi connectivity index (χ3n) is 10.4. The van der Waals surface area contributed by atoms with E-state index >= 15 is 0 Å². The van der Waals surface area contributed by atoms with Gasteiger partial charge in [0, 0.05) is 19.3 Å². The van der Waals surface area contributed by atoms with Crippen molar-refractivity contribution in [2.75, 3.05) is 13.2 Å². The van der Waals surface area contributed by atoms with Crippen LogP contribution in [0.4, 0.5) is 0 Å². The first-order valence-corrected chi connectivity index (χ1v) is 25.5. The molecule has 0 heterocycles. The Morgan fingerprint density at radius 1 is 0.349 bits per heavy atom. The van der Waals surface area contributed by atoms with Crippen LogP contribution in [0.25, 0.3) is 0 Å². The molecule has 6 heteroatoms. The standard InChI is InChI=1S/C57H92O6/c1-4-7-10-13-16-19-22-24-26-28-29-31-32-35-38-41-44-47-50-56(59)62-53-54(52-61-55(58)49-46-43-40-37-34-21-18-15-12-9-6-3)63-57(60)51-48-45-42-39-36-33-30-27-25-23-20-17-14-11-8-5-2/h8,10-11,13,16-17,19-20,22,24-29,31,33,36,54H,4-7,9,12,14-15,18,21,23,30,32,34-35,37-53H2,1-3H3/b11-8-,13-10-,19-16-,20-17-,24-22-,27-25-,28-26-,31-29-,36-33-. The minimum absolute atomic E-state index is 0.100. The Morgan fingerprint density at radius 2 is 0.714 bits per heavy atom.